The molecule has 32 heavy (non-hydrogen) atoms. The van der Waals surface area contributed by atoms with Crippen LogP contribution in [0.15, 0.2) is 48.9 Å². The molecule has 3 aromatic rings. The van der Waals surface area contributed by atoms with Crippen LogP contribution in [0.4, 0.5) is 0 Å². The molecule has 0 saturated carbocycles. The topological polar surface area (TPSA) is 95.3 Å². The molecule has 1 N–H and O–H groups in total. The van der Waals surface area contributed by atoms with E-state index >= 15 is 0 Å². The third-order valence-corrected chi connectivity index (χ3v) is 4.86. The summed E-state index contributed by atoms with van der Waals surface area (Å²) >= 11 is 0. The molecule has 1 aromatic carbocycles. The van der Waals surface area contributed by atoms with Crippen molar-refractivity contribution in [2.75, 3.05) is 13.2 Å². The molecular weight excluding hydrogens is 408 g/mol. The number of esters is 1. The highest BCUT2D eigenvalue weighted by Gasteiger charge is 2.21. The van der Waals surface area contributed by atoms with Crippen LogP contribution < -0.4 is 10.1 Å². The summed E-state index contributed by atoms with van der Waals surface area (Å²) in [4.78, 5) is 28.8. The van der Waals surface area contributed by atoms with Gasteiger partial charge in [-0.2, -0.15) is 5.10 Å². The molecule has 0 aliphatic carbocycles. The van der Waals surface area contributed by atoms with Crippen LogP contribution in [0.2, 0.25) is 0 Å². The molecule has 0 spiro atoms. The number of amides is 1. The smallest absolute Gasteiger partial charge is 0.325 e. The van der Waals surface area contributed by atoms with Gasteiger partial charge in [-0.1, -0.05) is 30.3 Å². The first-order chi connectivity index (χ1) is 15.4. The van der Waals surface area contributed by atoms with Crippen LogP contribution in [-0.4, -0.2) is 39.8 Å². The highest BCUT2D eigenvalue weighted by atomic mass is 16.5. The first-order valence-corrected chi connectivity index (χ1v) is 10.5. The zero-order chi connectivity index (χ0) is 23.1. The highest BCUT2D eigenvalue weighted by molar-refractivity contribution is 5.97. The van der Waals surface area contributed by atoms with E-state index in [0.29, 0.717) is 5.75 Å². The van der Waals surface area contributed by atoms with Gasteiger partial charge in [0, 0.05) is 35.1 Å². The van der Waals surface area contributed by atoms with Crippen molar-refractivity contribution in [3.05, 3.63) is 65.7 Å². The maximum absolute atomic E-state index is 12.8. The third kappa shape index (κ3) is 5.51. The summed E-state index contributed by atoms with van der Waals surface area (Å²) < 4.78 is 12.8. The number of carbonyl (C=O) groups is 2. The molecule has 2 aromatic heterocycles. The maximum Gasteiger partial charge on any atom is 0.325 e. The number of hydrogen-bond donors (Lipinski definition) is 1. The minimum absolute atomic E-state index is 0.114. The van der Waals surface area contributed by atoms with Gasteiger partial charge in [-0.3, -0.25) is 14.3 Å². The highest BCUT2D eigenvalue weighted by Crippen LogP contribution is 2.32. The number of aromatic nitrogens is 3. The molecule has 3 rings (SSSR count). The Hall–Kier alpha value is -3.68. The number of ether oxygens (including phenoxy) is 2. The molecule has 8 heteroatoms. The summed E-state index contributed by atoms with van der Waals surface area (Å²) in [5, 5.41) is 6.95. The Labute approximate surface area is 187 Å². The molecule has 0 unspecified atom stereocenters. The van der Waals surface area contributed by atoms with E-state index in [1.807, 2.05) is 62.0 Å². The second kappa shape index (κ2) is 10.6. The Bertz CT molecular complexity index is 1080. The Morgan fingerprint density at radius 3 is 2.56 bits per heavy atom. The normalized spacial score (nSPS) is 10.8. The van der Waals surface area contributed by atoms with E-state index in [9.17, 15) is 9.59 Å². The molecule has 0 aliphatic rings. The monoisotopic (exact) mass is 436 g/mol. The van der Waals surface area contributed by atoms with Crippen molar-refractivity contribution in [1.82, 2.24) is 20.1 Å². The largest absolute Gasteiger partial charge is 0.486 e. The zero-order valence-corrected chi connectivity index (χ0v) is 18.8. The van der Waals surface area contributed by atoms with Crippen molar-refractivity contribution < 1.29 is 19.1 Å². The number of carbonyl (C=O) groups excluding carboxylic acids is 2. The quantitative estimate of drug-likeness (QED) is 0.514. The number of nitrogens with one attached hydrogen (secondary N) is 1. The maximum atomic E-state index is 12.8. The molecule has 0 fully saturated rings. The van der Waals surface area contributed by atoms with Crippen molar-refractivity contribution in [2.45, 2.75) is 40.3 Å². The van der Waals surface area contributed by atoms with Gasteiger partial charge in [0.2, 0.25) is 0 Å². The van der Waals surface area contributed by atoms with Crippen LogP contribution in [-0.2, 0) is 16.1 Å². The minimum atomic E-state index is -0.512. The number of hydrogen-bond acceptors (Lipinski definition) is 6. The SMILES string of the molecule is CCOC(=O)CNC(=O)c1ncc(-c2cnn(C(C)C)c2)c(C)c1OCc1ccccc1. The van der Waals surface area contributed by atoms with Crippen LogP contribution in [0, 0.1) is 6.92 Å². The average Bonchev–Trinajstić information content (AvgIpc) is 3.28. The van der Waals surface area contributed by atoms with Gasteiger partial charge in [0.25, 0.3) is 5.91 Å². The Morgan fingerprint density at radius 1 is 1.16 bits per heavy atom. The molecule has 0 bridgehead atoms. The molecule has 0 radical (unpaired) electrons. The number of benzene rings is 1. The van der Waals surface area contributed by atoms with Crippen molar-refractivity contribution in [1.29, 1.82) is 0 Å². The van der Waals surface area contributed by atoms with Gasteiger partial charge >= 0.3 is 5.97 Å². The van der Waals surface area contributed by atoms with Gasteiger partial charge in [0.05, 0.1) is 12.8 Å². The van der Waals surface area contributed by atoms with Gasteiger partial charge < -0.3 is 14.8 Å². The van der Waals surface area contributed by atoms with Crippen LogP contribution in [0.25, 0.3) is 11.1 Å². The van der Waals surface area contributed by atoms with E-state index in [4.69, 9.17) is 9.47 Å². The molecule has 0 saturated heterocycles. The van der Waals surface area contributed by atoms with Gasteiger partial charge in [-0.05, 0) is 33.3 Å². The van der Waals surface area contributed by atoms with Crippen molar-refractivity contribution in [2.24, 2.45) is 0 Å². The lowest BCUT2D eigenvalue weighted by molar-refractivity contribution is -0.141. The number of pyridine rings is 1. The molecule has 2 heterocycles. The predicted octanol–water partition coefficient (Wildman–Crippen LogP) is 3.71. The van der Waals surface area contributed by atoms with E-state index in [1.165, 1.54) is 0 Å². The van der Waals surface area contributed by atoms with Crippen molar-refractivity contribution in [3.63, 3.8) is 0 Å². The second-order valence-corrected chi connectivity index (χ2v) is 7.54. The van der Waals surface area contributed by atoms with Gasteiger partial charge in [-0.15, -0.1) is 0 Å². The van der Waals surface area contributed by atoms with Crippen LogP contribution in [0.3, 0.4) is 0 Å². The lowest BCUT2D eigenvalue weighted by Gasteiger charge is -2.16. The Balaban J connectivity index is 1.93. The molecule has 1 amide bonds. The van der Waals surface area contributed by atoms with Crippen LogP contribution in [0.1, 0.15) is 48.4 Å². The Kier molecular flexibility index (Phi) is 7.59. The molecule has 0 atom stereocenters. The van der Waals surface area contributed by atoms with E-state index in [0.717, 1.165) is 22.3 Å². The Morgan fingerprint density at radius 2 is 1.91 bits per heavy atom. The first-order valence-electron chi connectivity index (χ1n) is 10.5. The summed E-state index contributed by atoms with van der Waals surface area (Å²) in [6.07, 6.45) is 5.34. The second-order valence-electron chi connectivity index (χ2n) is 7.54. The molecular formula is C24H28N4O4. The van der Waals surface area contributed by atoms with Crippen molar-refractivity contribution in [3.8, 4) is 16.9 Å². The zero-order valence-electron chi connectivity index (χ0n) is 18.8. The van der Waals surface area contributed by atoms with Gasteiger partial charge in [0.1, 0.15) is 13.2 Å². The fourth-order valence-electron chi connectivity index (χ4n) is 3.15. The first kappa shape index (κ1) is 23.0. The summed E-state index contributed by atoms with van der Waals surface area (Å²) in [6, 6.07) is 9.89. The van der Waals surface area contributed by atoms with E-state index in [2.05, 4.69) is 15.4 Å². The van der Waals surface area contributed by atoms with Crippen molar-refractivity contribution >= 4 is 11.9 Å². The minimum Gasteiger partial charge on any atom is -0.486 e. The third-order valence-electron chi connectivity index (χ3n) is 4.86. The fourth-order valence-corrected chi connectivity index (χ4v) is 3.15. The van der Waals surface area contributed by atoms with Crippen LogP contribution in [0.5, 0.6) is 5.75 Å². The standard InChI is InChI=1S/C24H28N4O4/c1-5-31-21(29)13-26-24(30)22-23(32-15-18-9-7-6-8-10-18)17(4)20(12-25-22)19-11-27-28(14-19)16(2)3/h6-12,14,16H,5,13,15H2,1-4H3,(H,26,30). The number of nitrogens with zero attached hydrogens (tertiary/aromatic N) is 3. The summed E-state index contributed by atoms with van der Waals surface area (Å²) in [5.74, 6) is -0.652. The van der Waals surface area contributed by atoms with E-state index < -0.39 is 11.9 Å². The van der Waals surface area contributed by atoms with E-state index in [1.54, 1.807) is 19.3 Å². The molecule has 0 aliphatic heterocycles. The predicted molar refractivity (Wildman–Crippen MR) is 120 cm³/mol. The molecule has 168 valence electrons. The summed E-state index contributed by atoms with van der Waals surface area (Å²) in [6.45, 7) is 7.97. The van der Waals surface area contributed by atoms with Gasteiger partial charge in [-0.25, -0.2) is 4.98 Å². The fraction of sp³-hybridized carbons (Fsp3) is 0.333. The lowest BCUT2D eigenvalue weighted by atomic mass is 10.0. The average molecular weight is 437 g/mol. The van der Waals surface area contributed by atoms with E-state index in [-0.39, 0.29) is 31.5 Å². The van der Waals surface area contributed by atoms with Crippen LogP contribution >= 0.6 is 0 Å². The van der Waals surface area contributed by atoms with Gasteiger partial charge in [0.15, 0.2) is 11.4 Å². The lowest BCUT2D eigenvalue weighted by Crippen LogP contribution is -2.31. The summed E-state index contributed by atoms with van der Waals surface area (Å²) in [5.41, 5.74) is 3.54. The molecule has 8 nitrogen and oxygen atoms in total. The number of rotatable bonds is 9. The summed E-state index contributed by atoms with van der Waals surface area (Å²) in [7, 11) is 0.